The third-order valence-corrected chi connectivity index (χ3v) is 2.47. The molecule has 0 atom stereocenters. The first-order valence-corrected chi connectivity index (χ1v) is 5.09. The summed E-state index contributed by atoms with van der Waals surface area (Å²) in [4.78, 5) is 0. The normalized spacial score (nSPS) is 10.2. The van der Waals surface area contributed by atoms with Crippen molar-refractivity contribution in [2.45, 2.75) is 19.3 Å². The molecule has 1 aromatic rings. The number of aliphatic hydroxyl groups excluding tert-OH is 1. The maximum atomic E-state index is 8.64. The summed E-state index contributed by atoms with van der Waals surface area (Å²) < 4.78 is 5.05. The zero-order chi connectivity index (χ0) is 10.4. The highest BCUT2D eigenvalue weighted by Gasteiger charge is 2.01. The van der Waals surface area contributed by atoms with Crippen molar-refractivity contribution < 1.29 is 9.84 Å². The van der Waals surface area contributed by atoms with Gasteiger partial charge in [0.25, 0.3) is 0 Å². The number of aryl methyl sites for hydroxylation is 1. The first kappa shape index (κ1) is 11.3. The van der Waals surface area contributed by atoms with E-state index in [0.717, 1.165) is 35.6 Å². The average Bonchev–Trinajstić information content (AvgIpc) is 2.20. The van der Waals surface area contributed by atoms with Crippen molar-refractivity contribution in [3.05, 3.63) is 28.8 Å². The highest BCUT2D eigenvalue weighted by Crippen LogP contribution is 2.23. The fourth-order valence-corrected chi connectivity index (χ4v) is 1.55. The molecule has 0 aromatic heterocycles. The predicted octanol–water partition coefficient (Wildman–Crippen LogP) is 2.66. The third kappa shape index (κ3) is 3.20. The lowest BCUT2D eigenvalue weighted by Crippen LogP contribution is -1.91. The third-order valence-electron chi connectivity index (χ3n) is 2.11. The Morgan fingerprint density at radius 2 is 2.14 bits per heavy atom. The fourth-order valence-electron chi connectivity index (χ4n) is 1.29. The summed E-state index contributed by atoms with van der Waals surface area (Å²) in [5.41, 5.74) is 1.11. The molecule has 3 heteroatoms. The smallest absolute Gasteiger partial charge is 0.120 e. The largest absolute Gasteiger partial charge is 0.497 e. The number of aliphatic hydroxyl groups is 1. The summed E-state index contributed by atoms with van der Waals surface area (Å²) in [7, 11) is 1.62. The molecule has 0 aliphatic rings. The van der Waals surface area contributed by atoms with Crippen LogP contribution in [0.2, 0.25) is 5.02 Å². The van der Waals surface area contributed by atoms with Crippen LogP contribution in [0.1, 0.15) is 18.4 Å². The number of benzene rings is 1. The van der Waals surface area contributed by atoms with Crippen molar-refractivity contribution in [1.82, 2.24) is 0 Å². The number of methoxy groups -OCH3 is 1. The van der Waals surface area contributed by atoms with Gasteiger partial charge in [0.1, 0.15) is 5.75 Å². The molecule has 0 heterocycles. The summed E-state index contributed by atoms with van der Waals surface area (Å²) in [6.07, 6.45) is 2.69. The number of unbranched alkanes of at least 4 members (excludes halogenated alkanes) is 1. The van der Waals surface area contributed by atoms with Crippen molar-refractivity contribution in [2.75, 3.05) is 13.7 Å². The summed E-state index contributed by atoms with van der Waals surface area (Å²) in [6.45, 7) is 0.244. The van der Waals surface area contributed by atoms with Gasteiger partial charge in [-0.2, -0.15) is 0 Å². The molecule has 0 saturated carbocycles. The van der Waals surface area contributed by atoms with Gasteiger partial charge in [-0.05, 0) is 37.0 Å². The summed E-state index contributed by atoms with van der Waals surface area (Å²) in [6, 6.07) is 5.69. The molecule has 0 unspecified atom stereocenters. The second-order valence-electron chi connectivity index (χ2n) is 3.14. The molecular formula is C11H15ClO2. The van der Waals surface area contributed by atoms with E-state index in [0.29, 0.717) is 0 Å². The van der Waals surface area contributed by atoms with E-state index in [2.05, 4.69) is 0 Å². The molecule has 2 nitrogen and oxygen atoms in total. The van der Waals surface area contributed by atoms with E-state index < -0.39 is 0 Å². The summed E-state index contributed by atoms with van der Waals surface area (Å²) >= 11 is 6.04. The molecule has 78 valence electrons. The predicted molar refractivity (Wildman–Crippen MR) is 58.0 cm³/mol. The molecule has 1 N–H and O–H groups in total. The van der Waals surface area contributed by atoms with E-state index in [-0.39, 0.29) is 6.61 Å². The minimum absolute atomic E-state index is 0.244. The Bertz CT molecular complexity index is 287. The average molecular weight is 215 g/mol. The van der Waals surface area contributed by atoms with Gasteiger partial charge in [-0.3, -0.25) is 0 Å². The van der Waals surface area contributed by atoms with Crippen LogP contribution in [0.5, 0.6) is 5.75 Å². The van der Waals surface area contributed by atoms with Gasteiger partial charge in [-0.25, -0.2) is 0 Å². The summed E-state index contributed by atoms with van der Waals surface area (Å²) in [5, 5.41) is 9.38. The van der Waals surface area contributed by atoms with Crippen LogP contribution >= 0.6 is 11.6 Å². The van der Waals surface area contributed by atoms with Crippen LogP contribution in [0.25, 0.3) is 0 Å². The Hall–Kier alpha value is -0.730. The zero-order valence-corrected chi connectivity index (χ0v) is 9.05. The molecule has 1 rings (SSSR count). The topological polar surface area (TPSA) is 29.5 Å². The molecule has 1 aromatic carbocycles. The Morgan fingerprint density at radius 1 is 1.36 bits per heavy atom. The van der Waals surface area contributed by atoms with Crippen LogP contribution < -0.4 is 4.74 Å². The van der Waals surface area contributed by atoms with Gasteiger partial charge in [0.2, 0.25) is 0 Å². The van der Waals surface area contributed by atoms with Gasteiger partial charge < -0.3 is 9.84 Å². The van der Waals surface area contributed by atoms with Crippen molar-refractivity contribution in [1.29, 1.82) is 0 Å². The molecule has 0 bridgehead atoms. The second kappa shape index (κ2) is 5.89. The van der Waals surface area contributed by atoms with E-state index >= 15 is 0 Å². The van der Waals surface area contributed by atoms with Crippen LogP contribution in [-0.2, 0) is 6.42 Å². The van der Waals surface area contributed by atoms with E-state index in [1.165, 1.54) is 0 Å². The number of halogens is 1. The van der Waals surface area contributed by atoms with E-state index in [4.69, 9.17) is 21.4 Å². The van der Waals surface area contributed by atoms with Crippen molar-refractivity contribution in [3.63, 3.8) is 0 Å². The molecule has 14 heavy (non-hydrogen) atoms. The van der Waals surface area contributed by atoms with Crippen LogP contribution in [0.4, 0.5) is 0 Å². The first-order chi connectivity index (χ1) is 6.77. The first-order valence-electron chi connectivity index (χ1n) is 4.71. The minimum Gasteiger partial charge on any atom is -0.497 e. The number of hydrogen-bond donors (Lipinski definition) is 1. The molecule has 0 saturated heterocycles. The molecule has 0 spiro atoms. The van der Waals surface area contributed by atoms with E-state index in [9.17, 15) is 0 Å². The number of hydrogen-bond acceptors (Lipinski definition) is 2. The Kier molecular flexibility index (Phi) is 4.77. The van der Waals surface area contributed by atoms with Gasteiger partial charge >= 0.3 is 0 Å². The molecular weight excluding hydrogens is 200 g/mol. The molecule has 0 aliphatic carbocycles. The van der Waals surface area contributed by atoms with Gasteiger partial charge in [-0.15, -0.1) is 0 Å². The SMILES string of the molecule is COc1ccc(CCCCO)c(Cl)c1. The number of ether oxygens (including phenoxy) is 1. The second-order valence-corrected chi connectivity index (χ2v) is 3.55. The summed E-state index contributed by atoms with van der Waals surface area (Å²) in [5.74, 6) is 0.779. The molecule has 0 fully saturated rings. The lowest BCUT2D eigenvalue weighted by Gasteiger charge is -2.05. The number of rotatable bonds is 5. The lowest BCUT2D eigenvalue weighted by molar-refractivity contribution is 0.284. The van der Waals surface area contributed by atoms with Gasteiger partial charge in [-0.1, -0.05) is 17.7 Å². The van der Waals surface area contributed by atoms with Crippen LogP contribution in [0, 0.1) is 0 Å². The quantitative estimate of drug-likeness (QED) is 0.764. The maximum absolute atomic E-state index is 8.64. The monoisotopic (exact) mass is 214 g/mol. The van der Waals surface area contributed by atoms with Crippen LogP contribution in [-0.4, -0.2) is 18.8 Å². The maximum Gasteiger partial charge on any atom is 0.120 e. The van der Waals surface area contributed by atoms with E-state index in [1.54, 1.807) is 7.11 Å². The van der Waals surface area contributed by atoms with Gasteiger partial charge in [0.15, 0.2) is 0 Å². The van der Waals surface area contributed by atoms with Crippen LogP contribution in [0.15, 0.2) is 18.2 Å². The van der Waals surface area contributed by atoms with Crippen molar-refractivity contribution in [2.24, 2.45) is 0 Å². The molecule has 0 radical (unpaired) electrons. The van der Waals surface area contributed by atoms with Gasteiger partial charge in [0, 0.05) is 11.6 Å². The van der Waals surface area contributed by atoms with Crippen molar-refractivity contribution >= 4 is 11.6 Å². The van der Waals surface area contributed by atoms with Crippen LogP contribution in [0.3, 0.4) is 0 Å². The lowest BCUT2D eigenvalue weighted by atomic mass is 10.1. The highest BCUT2D eigenvalue weighted by molar-refractivity contribution is 6.31. The van der Waals surface area contributed by atoms with E-state index in [1.807, 2.05) is 18.2 Å². The Morgan fingerprint density at radius 3 is 2.71 bits per heavy atom. The Balaban J connectivity index is 2.59. The fraction of sp³-hybridized carbons (Fsp3) is 0.455. The zero-order valence-electron chi connectivity index (χ0n) is 8.29. The standard InChI is InChI=1S/C11H15ClO2/c1-14-10-6-5-9(11(12)8-10)4-2-3-7-13/h5-6,8,13H,2-4,7H2,1H3. The van der Waals surface area contributed by atoms with Gasteiger partial charge in [0.05, 0.1) is 7.11 Å². The highest BCUT2D eigenvalue weighted by atomic mass is 35.5. The molecule has 0 aliphatic heterocycles. The molecule has 0 amide bonds. The van der Waals surface area contributed by atoms with Crippen molar-refractivity contribution in [3.8, 4) is 5.75 Å². The minimum atomic E-state index is 0.244. The Labute approximate surface area is 89.5 Å².